The van der Waals surface area contributed by atoms with Gasteiger partial charge in [-0.3, -0.25) is 14.4 Å². The molecule has 2 fully saturated rings. The van der Waals surface area contributed by atoms with Crippen LogP contribution in [-0.4, -0.2) is 72.7 Å². The minimum atomic E-state index is -0.414. The molecule has 0 atom stereocenters. The number of rotatable bonds is 3. The average molecular weight is 347 g/mol. The van der Waals surface area contributed by atoms with E-state index in [4.69, 9.17) is 4.42 Å². The van der Waals surface area contributed by atoms with Crippen LogP contribution in [0.15, 0.2) is 16.5 Å². The summed E-state index contributed by atoms with van der Waals surface area (Å²) in [7, 11) is 3.39. The maximum atomic E-state index is 12.8. The lowest BCUT2D eigenvalue weighted by Crippen LogP contribution is -2.47. The number of carbonyl (C=O) groups excluding carboxylic acids is 3. The van der Waals surface area contributed by atoms with Gasteiger partial charge in [0.25, 0.3) is 5.91 Å². The summed E-state index contributed by atoms with van der Waals surface area (Å²) in [5.41, 5.74) is -0.414. The highest BCUT2D eigenvalue weighted by Crippen LogP contribution is 2.41. The van der Waals surface area contributed by atoms with Crippen molar-refractivity contribution in [1.29, 1.82) is 0 Å². The van der Waals surface area contributed by atoms with E-state index in [1.807, 2.05) is 6.92 Å². The van der Waals surface area contributed by atoms with Crippen LogP contribution in [0.5, 0.6) is 0 Å². The Morgan fingerprint density at radius 2 is 1.80 bits per heavy atom. The van der Waals surface area contributed by atoms with E-state index in [0.29, 0.717) is 44.0 Å². The molecule has 0 aliphatic carbocycles. The molecule has 25 heavy (non-hydrogen) atoms. The van der Waals surface area contributed by atoms with Crippen LogP contribution in [0.4, 0.5) is 0 Å². The lowest BCUT2D eigenvalue weighted by Gasteiger charge is -2.37. The van der Waals surface area contributed by atoms with Crippen LogP contribution < -0.4 is 0 Å². The number of piperidine rings is 1. The van der Waals surface area contributed by atoms with Crippen molar-refractivity contribution in [2.24, 2.45) is 5.41 Å². The molecule has 0 saturated carbocycles. The molecule has 3 amide bonds. The monoisotopic (exact) mass is 347 g/mol. The zero-order valence-corrected chi connectivity index (χ0v) is 15.1. The van der Waals surface area contributed by atoms with Gasteiger partial charge in [0.15, 0.2) is 5.76 Å². The van der Waals surface area contributed by atoms with Gasteiger partial charge < -0.3 is 19.1 Å². The van der Waals surface area contributed by atoms with E-state index in [1.165, 1.54) is 4.90 Å². The molecule has 0 aromatic carbocycles. The van der Waals surface area contributed by atoms with Gasteiger partial charge in [-0.15, -0.1) is 0 Å². The van der Waals surface area contributed by atoms with Crippen molar-refractivity contribution < 1.29 is 18.8 Å². The summed E-state index contributed by atoms with van der Waals surface area (Å²) in [6.07, 6.45) is 2.04. The summed E-state index contributed by atoms with van der Waals surface area (Å²) in [5.74, 6) is 0.941. The summed E-state index contributed by atoms with van der Waals surface area (Å²) in [4.78, 5) is 42.1. The number of hydrogen-bond acceptors (Lipinski definition) is 4. The molecular weight excluding hydrogens is 322 g/mol. The van der Waals surface area contributed by atoms with Crippen molar-refractivity contribution in [3.63, 3.8) is 0 Å². The third kappa shape index (κ3) is 3.27. The molecule has 0 bridgehead atoms. The number of hydrogen-bond donors (Lipinski definition) is 0. The number of likely N-dealkylation sites (N-methyl/N-ethyl adjacent to an activating group) is 1. The minimum Gasteiger partial charge on any atom is -0.456 e. The van der Waals surface area contributed by atoms with Crippen LogP contribution in [0.25, 0.3) is 0 Å². The molecule has 1 spiro atoms. The fraction of sp³-hybridized carbons (Fsp3) is 0.611. The second-order valence-electron chi connectivity index (χ2n) is 7.25. The van der Waals surface area contributed by atoms with Gasteiger partial charge in [-0.05, 0) is 38.3 Å². The standard InChI is InChI=1S/C18H25N3O4/c1-13-4-5-14(25-13)16(23)20-9-6-18(7-10-20)8-11-21(17(18)24)12-15(22)19(2)3/h4-5H,6-12H2,1-3H3. The Morgan fingerprint density at radius 3 is 2.36 bits per heavy atom. The third-order valence-electron chi connectivity index (χ3n) is 5.38. The van der Waals surface area contributed by atoms with Crippen LogP contribution in [0.1, 0.15) is 35.6 Å². The number of aryl methyl sites for hydroxylation is 1. The molecule has 1 aromatic rings. The van der Waals surface area contributed by atoms with E-state index in [9.17, 15) is 14.4 Å². The summed E-state index contributed by atoms with van der Waals surface area (Å²) in [5, 5.41) is 0. The first-order valence-corrected chi connectivity index (χ1v) is 8.68. The van der Waals surface area contributed by atoms with Gasteiger partial charge in [-0.25, -0.2) is 0 Å². The first kappa shape index (κ1) is 17.5. The predicted molar refractivity (Wildman–Crippen MR) is 90.9 cm³/mol. The van der Waals surface area contributed by atoms with Gasteiger partial charge >= 0.3 is 0 Å². The molecule has 1 aromatic heterocycles. The maximum absolute atomic E-state index is 12.8. The Bertz CT molecular complexity index is 686. The third-order valence-corrected chi connectivity index (χ3v) is 5.38. The quantitative estimate of drug-likeness (QED) is 0.822. The van der Waals surface area contributed by atoms with E-state index in [0.717, 1.165) is 6.42 Å². The Balaban J connectivity index is 1.61. The Kier molecular flexibility index (Phi) is 4.58. The highest BCUT2D eigenvalue weighted by atomic mass is 16.3. The number of amides is 3. The van der Waals surface area contributed by atoms with Gasteiger partial charge in [0.05, 0.1) is 12.0 Å². The van der Waals surface area contributed by atoms with Crippen LogP contribution >= 0.6 is 0 Å². The largest absolute Gasteiger partial charge is 0.456 e. The highest BCUT2D eigenvalue weighted by Gasteiger charge is 2.49. The SMILES string of the molecule is Cc1ccc(C(=O)N2CCC3(CC2)CCN(CC(=O)N(C)C)C3=O)o1. The normalized spacial score (nSPS) is 19.6. The fourth-order valence-electron chi connectivity index (χ4n) is 3.66. The van der Waals surface area contributed by atoms with Gasteiger partial charge in [-0.1, -0.05) is 0 Å². The van der Waals surface area contributed by atoms with E-state index >= 15 is 0 Å². The smallest absolute Gasteiger partial charge is 0.289 e. The first-order valence-electron chi connectivity index (χ1n) is 8.68. The lowest BCUT2D eigenvalue weighted by molar-refractivity contribution is -0.142. The van der Waals surface area contributed by atoms with Gasteiger partial charge in [-0.2, -0.15) is 0 Å². The number of carbonyl (C=O) groups is 3. The molecule has 136 valence electrons. The Morgan fingerprint density at radius 1 is 1.16 bits per heavy atom. The van der Waals surface area contributed by atoms with Crippen molar-refractivity contribution in [3.8, 4) is 0 Å². The summed E-state index contributed by atoms with van der Waals surface area (Å²) in [6.45, 7) is 3.65. The van der Waals surface area contributed by atoms with Crippen molar-refractivity contribution in [1.82, 2.24) is 14.7 Å². The zero-order chi connectivity index (χ0) is 18.2. The molecule has 3 rings (SSSR count). The Labute approximate surface area is 147 Å². The molecule has 7 nitrogen and oxygen atoms in total. The van der Waals surface area contributed by atoms with Crippen LogP contribution in [-0.2, 0) is 9.59 Å². The van der Waals surface area contributed by atoms with Gasteiger partial charge in [0, 0.05) is 33.7 Å². The average Bonchev–Trinajstić information content (AvgIpc) is 3.14. The molecule has 2 aliphatic rings. The fourth-order valence-corrected chi connectivity index (χ4v) is 3.66. The molecular formula is C18H25N3O4. The molecule has 2 aliphatic heterocycles. The summed E-state index contributed by atoms with van der Waals surface area (Å²) in [6, 6.07) is 3.47. The second kappa shape index (κ2) is 6.54. The van der Waals surface area contributed by atoms with Crippen molar-refractivity contribution >= 4 is 17.7 Å². The number of likely N-dealkylation sites (tertiary alicyclic amines) is 2. The van der Waals surface area contributed by atoms with E-state index < -0.39 is 5.41 Å². The van der Waals surface area contributed by atoms with Gasteiger partial charge in [0.2, 0.25) is 11.8 Å². The molecule has 0 N–H and O–H groups in total. The molecule has 0 unspecified atom stereocenters. The lowest BCUT2D eigenvalue weighted by atomic mass is 9.77. The van der Waals surface area contributed by atoms with Crippen molar-refractivity contribution in [2.75, 3.05) is 40.3 Å². The predicted octanol–water partition coefficient (Wildman–Crippen LogP) is 1.13. The van der Waals surface area contributed by atoms with E-state index in [2.05, 4.69) is 0 Å². The topological polar surface area (TPSA) is 74.1 Å². The second-order valence-corrected chi connectivity index (χ2v) is 7.25. The van der Waals surface area contributed by atoms with Crippen LogP contribution in [0, 0.1) is 12.3 Å². The first-order chi connectivity index (χ1) is 11.8. The van der Waals surface area contributed by atoms with Crippen LogP contribution in [0.3, 0.4) is 0 Å². The van der Waals surface area contributed by atoms with Gasteiger partial charge in [0.1, 0.15) is 5.76 Å². The van der Waals surface area contributed by atoms with Crippen molar-refractivity contribution in [2.45, 2.75) is 26.2 Å². The maximum Gasteiger partial charge on any atom is 0.289 e. The molecule has 7 heteroatoms. The minimum absolute atomic E-state index is 0.0589. The van der Waals surface area contributed by atoms with Crippen molar-refractivity contribution in [3.05, 3.63) is 23.7 Å². The Hall–Kier alpha value is -2.31. The van der Waals surface area contributed by atoms with Crippen LogP contribution in [0.2, 0.25) is 0 Å². The highest BCUT2D eigenvalue weighted by molar-refractivity contribution is 5.92. The summed E-state index contributed by atoms with van der Waals surface area (Å²) >= 11 is 0. The number of nitrogens with zero attached hydrogens (tertiary/aromatic N) is 3. The molecule has 0 radical (unpaired) electrons. The van der Waals surface area contributed by atoms with E-state index in [-0.39, 0.29) is 24.3 Å². The zero-order valence-electron chi connectivity index (χ0n) is 15.1. The van der Waals surface area contributed by atoms with E-state index in [1.54, 1.807) is 36.0 Å². The molecule has 3 heterocycles. The summed E-state index contributed by atoms with van der Waals surface area (Å²) < 4.78 is 5.41. The number of furan rings is 1. The molecule has 2 saturated heterocycles.